The van der Waals surface area contributed by atoms with Gasteiger partial charge in [-0.05, 0) is 164 Å². The molecule has 4 rings (SSSR count). The number of benzene rings is 4. The van der Waals surface area contributed by atoms with Crippen LogP contribution in [-0.4, -0.2) is 147 Å². The van der Waals surface area contributed by atoms with Gasteiger partial charge in [-0.3, -0.25) is 0 Å². The standard InChI is InChI=1S/C23H40O2.C15H24O.C13H20O2.C12H18O3.C9H20O.C8H18.C6H14O3.C6H14.2C5H12.C4H10O2/c1-4-6-8-10-12-14-16-24-22-18-21(3)19-23(20-22)25-17-15-13-11-9-7-5-2;1-3-4-5-6-7-8-13-16-15-11-9-14(2)10-12-15;1-9(2)14-12-6-11(5)7-13(8-12)15-10(3)4;1-11-3-5-12(6-4-11)15-10-9-14-8-7-13-2;1-3-4-5-6-7-8-9-10-2;1-4-6-7-8(3)5-2;1-7-3-5-9-6-4-8-2;1-4-6(3)5-2;1-5(2,3)4;1-4-5(2)3;1-5-3-4-6-2/h18-20H,4-17H2,1-3H3;9-12H,3-8,13H2,1-2H3;6-10H,1-5H3;3-6H,7-10H2,1-2H3;3-9H2,1-2H3;8H,4-7H2,1-3H3;3-6H2,1-2H3;6H,4-5H2,1-3H3;1-4H3;5H,4H2,1-3H3;3-4H2,1-2H3. The maximum absolute atomic E-state index is 5.93. The van der Waals surface area contributed by atoms with Crippen molar-refractivity contribution >= 4 is 0 Å². The second-order valence-corrected chi connectivity index (χ2v) is 33.9. The van der Waals surface area contributed by atoms with E-state index in [2.05, 4.69) is 172 Å². The van der Waals surface area contributed by atoms with Crippen molar-refractivity contribution in [3.63, 3.8) is 0 Å². The molecule has 0 N–H and O–H groups in total. The highest BCUT2D eigenvalue weighted by Crippen LogP contribution is 2.26. The van der Waals surface area contributed by atoms with Gasteiger partial charge in [0.1, 0.15) is 41.1 Å². The molecule has 0 heterocycles. The molecule has 0 saturated heterocycles. The smallest absolute Gasteiger partial charge is 0.123 e. The lowest BCUT2D eigenvalue weighted by atomic mass is 10.0. The number of unbranched alkanes of at least 4 members (excludes halogenated alkanes) is 21. The van der Waals surface area contributed by atoms with Crippen molar-refractivity contribution in [1.82, 2.24) is 0 Å². The van der Waals surface area contributed by atoms with Gasteiger partial charge in [-0.15, -0.1) is 0 Å². The maximum atomic E-state index is 5.93. The van der Waals surface area contributed by atoms with Crippen LogP contribution in [0.1, 0.15) is 367 Å². The highest BCUT2D eigenvalue weighted by molar-refractivity contribution is 5.39. The van der Waals surface area contributed by atoms with Gasteiger partial charge in [-0.2, -0.15) is 0 Å². The average Bonchev–Trinajstić information content (AvgIpc) is 0.881. The number of methoxy groups -OCH3 is 6. The fourth-order valence-electron chi connectivity index (χ4n) is 9.85. The van der Waals surface area contributed by atoms with E-state index in [4.69, 9.17) is 56.8 Å². The van der Waals surface area contributed by atoms with E-state index in [1.165, 1.54) is 203 Å². The van der Waals surface area contributed by atoms with Gasteiger partial charge in [0.25, 0.3) is 0 Å². The number of rotatable bonds is 58. The Labute approximate surface area is 746 Å². The molecule has 0 bridgehead atoms. The van der Waals surface area contributed by atoms with E-state index in [0.29, 0.717) is 71.5 Å². The molecule has 14 nitrogen and oxygen atoms in total. The van der Waals surface area contributed by atoms with Gasteiger partial charge in [0.05, 0.1) is 91.5 Å². The molecule has 120 heavy (non-hydrogen) atoms. The van der Waals surface area contributed by atoms with E-state index in [1.54, 1.807) is 42.7 Å². The van der Waals surface area contributed by atoms with Crippen LogP contribution in [0.3, 0.4) is 0 Å². The molecule has 4 aromatic rings. The molecule has 14 heteroatoms. The van der Waals surface area contributed by atoms with Crippen molar-refractivity contribution in [1.29, 1.82) is 0 Å². The Morgan fingerprint density at radius 2 is 0.483 bits per heavy atom. The number of aryl methyl sites for hydroxylation is 4. The average molecular weight is 1700 g/mol. The molecule has 0 aliphatic carbocycles. The van der Waals surface area contributed by atoms with Crippen molar-refractivity contribution < 1.29 is 66.3 Å². The second kappa shape index (κ2) is 103. The van der Waals surface area contributed by atoms with E-state index < -0.39 is 0 Å². The molecule has 1 atom stereocenters. The van der Waals surface area contributed by atoms with Crippen LogP contribution in [0, 0.1) is 50.9 Å². The summed E-state index contributed by atoms with van der Waals surface area (Å²) in [5.74, 6) is 8.31. The van der Waals surface area contributed by atoms with Crippen LogP contribution >= 0.6 is 0 Å². The summed E-state index contributed by atoms with van der Waals surface area (Å²) in [5.41, 5.74) is 5.38. The summed E-state index contributed by atoms with van der Waals surface area (Å²) in [6, 6.07) is 28.5. The molecule has 0 aliphatic rings. The molecule has 0 saturated carbocycles. The molecule has 4 aromatic carbocycles. The summed E-state index contributed by atoms with van der Waals surface area (Å²) in [6.45, 7) is 64.2. The topological polar surface area (TPSA) is 129 Å². The zero-order chi connectivity index (χ0) is 91.8. The molecule has 0 fully saturated rings. The van der Waals surface area contributed by atoms with E-state index in [9.17, 15) is 0 Å². The normalized spacial score (nSPS) is 10.7. The van der Waals surface area contributed by atoms with Crippen molar-refractivity contribution in [2.24, 2.45) is 23.2 Å². The van der Waals surface area contributed by atoms with E-state index in [-0.39, 0.29) is 12.2 Å². The fraction of sp³-hybridized carbons (Fsp3) is 0.774. The Bertz CT molecular complexity index is 2420. The minimum Gasteiger partial charge on any atom is -0.494 e. The fourth-order valence-corrected chi connectivity index (χ4v) is 9.85. The van der Waals surface area contributed by atoms with Crippen LogP contribution in [0.25, 0.3) is 0 Å². The Balaban J connectivity index is -0.000000243. The van der Waals surface area contributed by atoms with Gasteiger partial charge in [0.2, 0.25) is 0 Å². The third-order valence-electron chi connectivity index (χ3n) is 18.1. The Morgan fingerprint density at radius 3 is 0.750 bits per heavy atom. The summed E-state index contributed by atoms with van der Waals surface area (Å²) in [4.78, 5) is 0. The van der Waals surface area contributed by atoms with Gasteiger partial charge in [0, 0.05) is 61.4 Å². The Hall–Kier alpha value is -4.64. The van der Waals surface area contributed by atoms with Crippen molar-refractivity contribution in [3.8, 4) is 34.5 Å². The summed E-state index contributed by atoms with van der Waals surface area (Å²) < 4.78 is 73.2. The third-order valence-corrected chi connectivity index (χ3v) is 18.1. The van der Waals surface area contributed by atoms with E-state index >= 15 is 0 Å². The van der Waals surface area contributed by atoms with Crippen LogP contribution < -0.4 is 28.4 Å². The highest BCUT2D eigenvalue weighted by atomic mass is 16.5. The quantitative estimate of drug-likeness (QED) is 0.0389. The lowest BCUT2D eigenvalue weighted by Gasteiger charge is -2.14. The molecular weight excluding hydrogens is 1500 g/mol. The van der Waals surface area contributed by atoms with Crippen LogP contribution in [0.4, 0.5) is 0 Å². The number of ether oxygens (including phenoxy) is 14. The first-order chi connectivity index (χ1) is 57.5. The summed E-state index contributed by atoms with van der Waals surface area (Å²) in [7, 11) is 10.0. The first kappa shape index (κ1) is 128. The molecule has 0 radical (unpaired) electrons. The Kier molecular flexibility index (Phi) is 110. The van der Waals surface area contributed by atoms with Gasteiger partial charge in [0.15, 0.2) is 0 Å². The molecule has 0 aromatic heterocycles. The molecule has 710 valence electrons. The van der Waals surface area contributed by atoms with Crippen LogP contribution in [0.2, 0.25) is 0 Å². The Morgan fingerprint density at radius 1 is 0.242 bits per heavy atom. The van der Waals surface area contributed by atoms with Gasteiger partial charge in [-0.1, -0.05) is 326 Å². The van der Waals surface area contributed by atoms with Crippen molar-refractivity contribution in [2.45, 2.75) is 384 Å². The van der Waals surface area contributed by atoms with Gasteiger partial charge < -0.3 is 66.3 Å². The number of hydrogen-bond donors (Lipinski definition) is 0. The third kappa shape index (κ3) is 118. The lowest BCUT2D eigenvalue weighted by Crippen LogP contribution is -2.09. The largest absolute Gasteiger partial charge is 0.494 e. The zero-order valence-corrected chi connectivity index (χ0v) is 85.0. The minimum atomic E-state index is 0.193. The predicted octanol–water partition coefficient (Wildman–Crippen LogP) is 31.2. The molecular formula is C106H202O14. The second-order valence-electron chi connectivity index (χ2n) is 33.9. The lowest BCUT2D eigenvalue weighted by molar-refractivity contribution is 0.0385. The summed E-state index contributed by atoms with van der Waals surface area (Å²) in [5, 5.41) is 0. The SMILES string of the molecule is CC(C)(C)C.CCC(C)C.CCC(C)CC.CCCCC(C)CC.CCCCCCCCOC.CCCCCCCCOc1cc(C)cc(OCCCCCCCC)c1.CCCCCCCCOc1ccc(C)cc1.COCCOC.COCCOCCOC.COCCOCCOc1ccc(C)cc1.Cc1cc(OC(C)C)cc(OC(C)C)c1. The summed E-state index contributed by atoms with van der Waals surface area (Å²) >= 11 is 0. The van der Waals surface area contributed by atoms with Crippen molar-refractivity contribution in [3.05, 3.63) is 107 Å². The first-order valence-electron chi connectivity index (χ1n) is 47.8. The van der Waals surface area contributed by atoms with Crippen molar-refractivity contribution in [2.75, 3.05) is 135 Å². The van der Waals surface area contributed by atoms with Crippen LogP contribution in [-0.2, 0) is 37.9 Å². The minimum absolute atomic E-state index is 0.193. The van der Waals surface area contributed by atoms with Crippen LogP contribution in [0.15, 0.2) is 84.9 Å². The highest BCUT2D eigenvalue weighted by Gasteiger charge is 2.07. The van der Waals surface area contributed by atoms with Gasteiger partial charge >= 0.3 is 0 Å². The van der Waals surface area contributed by atoms with E-state index in [0.717, 1.165) is 97.1 Å². The maximum Gasteiger partial charge on any atom is 0.123 e. The molecule has 0 aliphatic heterocycles. The summed E-state index contributed by atoms with van der Waals surface area (Å²) in [6.07, 6.45) is 41.4. The first-order valence-corrected chi connectivity index (χ1v) is 47.8. The number of hydrogen-bond acceptors (Lipinski definition) is 14. The van der Waals surface area contributed by atoms with Crippen LogP contribution in [0.5, 0.6) is 34.5 Å². The predicted molar refractivity (Wildman–Crippen MR) is 524 cm³/mol. The monoisotopic (exact) mass is 1700 g/mol. The zero-order valence-electron chi connectivity index (χ0n) is 85.0. The molecule has 0 amide bonds. The van der Waals surface area contributed by atoms with Gasteiger partial charge in [-0.25, -0.2) is 0 Å². The molecule has 0 spiro atoms. The van der Waals surface area contributed by atoms with E-state index in [1.807, 2.05) is 95.3 Å². The molecule has 1 unspecified atom stereocenters.